The molecule has 0 heterocycles. The third-order valence-corrected chi connectivity index (χ3v) is 3.74. The molecular weight excluding hydrogens is 392 g/mol. The number of halogens is 2. The zero-order chi connectivity index (χ0) is 15.1. The molecule has 0 radical (unpaired) electrons. The van der Waals surface area contributed by atoms with Gasteiger partial charge in [-0.05, 0) is 40.5 Å². The zero-order valence-electron chi connectivity index (χ0n) is 11.0. The lowest BCUT2D eigenvalue weighted by Gasteiger charge is -2.13. The third-order valence-electron chi connectivity index (χ3n) is 2.59. The van der Waals surface area contributed by atoms with Crippen LogP contribution in [0, 0.1) is 0 Å². The van der Waals surface area contributed by atoms with Crippen LogP contribution < -0.4 is 10.6 Å². The highest BCUT2D eigenvalue weighted by Crippen LogP contribution is 2.25. The van der Waals surface area contributed by atoms with Crippen LogP contribution in [-0.4, -0.2) is 29.6 Å². The van der Waals surface area contributed by atoms with Crippen molar-refractivity contribution < 1.29 is 14.7 Å². The molecule has 3 N–H and O–H groups in total. The summed E-state index contributed by atoms with van der Waals surface area (Å²) < 4.78 is 1.65. The number of amides is 1. The normalized spacial score (nSPS) is 11.9. The Morgan fingerprint density at radius 1 is 1.35 bits per heavy atom. The van der Waals surface area contributed by atoms with E-state index >= 15 is 0 Å². The topological polar surface area (TPSA) is 78.4 Å². The molecule has 0 aliphatic heterocycles. The molecule has 1 atom stereocenters. The van der Waals surface area contributed by atoms with E-state index in [4.69, 9.17) is 5.11 Å². The van der Waals surface area contributed by atoms with E-state index in [9.17, 15) is 9.59 Å². The van der Waals surface area contributed by atoms with Crippen LogP contribution in [0.5, 0.6) is 0 Å². The van der Waals surface area contributed by atoms with Gasteiger partial charge in [-0.1, -0.05) is 29.3 Å². The van der Waals surface area contributed by atoms with Crippen molar-refractivity contribution >= 4 is 49.4 Å². The number of carbonyl (C=O) groups is 2. The van der Waals surface area contributed by atoms with Crippen LogP contribution >= 0.6 is 31.9 Å². The molecule has 0 spiro atoms. The van der Waals surface area contributed by atoms with Crippen LogP contribution in [0.2, 0.25) is 0 Å². The van der Waals surface area contributed by atoms with Crippen molar-refractivity contribution in [2.45, 2.75) is 25.8 Å². The number of carbonyl (C=O) groups excluding carboxylic acids is 1. The molecule has 1 aromatic carbocycles. The van der Waals surface area contributed by atoms with Gasteiger partial charge in [-0.3, -0.25) is 14.9 Å². The van der Waals surface area contributed by atoms with Gasteiger partial charge in [-0.25, -0.2) is 0 Å². The van der Waals surface area contributed by atoms with Gasteiger partial charge in [0.05, 0.1) is 12.2 Å². The van der Waals surface area contributed by atoms with E-state index in [1.54, 1.807) is 6.07 Å². The lowest BCUT2D eigenvalue weighted by molar-refractivity contribution is -0.139. The maximum Gasteiger partial charge on any atom is 0.320 e. The average molecular weight is 408 g/mol. The van der Waals surface area contributed by atoms with E-state index in [0.29, 0.717) is 12.1 Å². The fourth-order valence-electron chi connectivity index (χ4n) is 1.60. The van der Waals surface area contributed by atoms with Crippen LogP contribution in [0.25, 0.3) is 0 Å². The lowest BCUT2D eigenvalue weighted by Crippen LogP contribution is -2.41. The van der Waals surface area contributed by atoms with Crippen molar-refractivity contribution in [2.24, 2.45) is 0 Å². The minimum absolute atomic E-state index is 0.0422. The number of benzene rings is 1. The van der Waals surface area contributed by atoms with Crippen LogP contribution in [-0.2, 0) is 9.59 Å². The predicted molar refractivity (Wildman–Crippen MR) is 84.8 cm³/mol. The summed E-state index contributed by atoms with van der Waals surface area (Å²) in [5, 5.41) is 14.4. The van der Waals surface area contributed by atoms with Gasteiger partial charge in [-0.15, -0.1) is 0 Å². The second kappa shape index (κ2) is 8.39. The summed E-state index contributed by atoms with van der Waals surface area (Å²) in [7, 11) is 0. The highest BCUT2D eigenvalue weighted by molar-refractivity contribution is 9.11. The van der Waals surface area contributed by atoms with E-state index in [2.05, 4.69) is 42.5 Å². The molecule has 0 fully saturated rings. The molecule has 1 amide bonds. The summed E-state index contributed by atoms with van der Waals surface area (Å²) in [5.41, 5.74) is 0.641. The monoisotopic (exact) mass is 406 g/mol. The molecule has 1 rings (SSSR count). The zero-order valence-corrected chi connectivity index (χ0v) is 14.1. The third kappa shape index (κ3) is 5.60. The Morgan fingerprint density at radius 2 is 2.05 bits per heavy atom. The highest BCUT2D eigenvalue weighted by Gasteiger charge is 2.16. The Morgan fingerprint density at radius 3 is 2.60 bits per heavy atom. The van der Waals surface area contributed by atoms with Crippen LogP contribution in [0.1, 0.15) is 19.8 Å². The molecule has 1 aromatic rings. The standard InChI is InChI=1S/C13H16Br2N2O3/c1-2-3-11(13(19)20)16-7-12(18)17-10-5-4-8(14)6-9(10)15/h4-6,11,16H,2-3,7H2,1H3,(H,17,18)(H,19,20). The first-order valence-electron chi connectivity index (χ1n) is 6.15. The van der Waals surface area contributed by atoms with Gasteiger partial charge < -0.3 is 10.4 Å². The van der Waals surface area contributed by atoms with Crippen molar-refractivity contribution in [3.05, 3.63) is 27.1 Å². The largest absolute Gasteiger partial charge is 0.480 e. The van der Waals surface area contributed by atoms with Crippen molar-refractivity contribution in [2.75, 3.05) is 11.9 Å². The van der Waals surface area contributed by atoms with E-state index in [1.165, 1.54) is 0 Å². The molecule has 110 valence electrons. The number of anilines is 1. The molecule has 0 bridgehead atoms. The Hall–Kier alpha value is -0.920. The molecule has 0 aromatic heterocycles. The van der Waals surface area contributed by atoms with Crippen molar-refractivity contribution in [1.82, 2.24) is 5.32 Å². The molecule has 1 unspecified atom stereocenters. The van der Waals surface area contributed by atoms with E-state index < -0.39 is 12.0 Å². The first-order valence-corrected chi connectivity index (χ1v) is 7.73. The van der Waals surface area contributed by atoms with Gasteiger partial charge in [0.2, 0.25) is 5.91 Å². The summed E-state index contributed by atoms with van der Waals surface area (Å²) in [4.78, 5) is 22.7. The van der Waals surface area contributed by atoms with Crippen LogP contribution in [0.4, 0.5) is 5.69 Å². The first-order chi connectivity index (χ1) is 9.43. The Balaban J connectivity index is 2.53. The molecular formula is C13H16Br2N2O3. The summed E-state index contributed by atoms with van der Waals surface area (Å²) in [6, 6.07) is 4.69. The van der Waals surface area contributed by atoms with Crippen molar-refractivity contribution in [3.63, 3.8) is 0 Å². The Bertz CT molecular complexity index is 495. The molecule has 0 aliphatic rings. The van der Waals surface area contributed by atoms with E-state index in [-0.39, 0.29) is 12.5 Å². The van der Waals surface area contributed by atoms with Crippen LogP contribution in [0.3, 0.4) is 0 Å². The quantitative estimate of drug-likeness (QED) is 0.649. The average Bonchev–Trinajstić information content (AvgIpc) is 2.37. The first kappa shape index (κ1) is 17.1. The smallest absolute Gasteiger partial charge is 0.320 e. The Kier molecular flexibility index (Phi) is 7.18. The van der Waals surface area contributed by atoms with Gasteiger partial charge >= 0.3 is 5.97 Å². The summed E-state index contributed by atoms with van der Waals surface area (Å²) in [5.74, 6) is -1.22. The molecule has 7 heteroatoms. The summed E-state index contributed by atoms with van der Waals surface area (Å²) in [6.45, 7) is 1.86. The fraction of sp³-hybridized carbons (Fsp3) is 0.385. The van der Waals surface area contributed by atoms with E-state index in [0.717, 1.165) is 15.4 Å². The van der Waals surface area contributed by atoms with Gasteiger partial charge in [0, 0.05) is 8.95 Å². The number of hydrogen-bond acceptors (Lipinski definition) is 3. The maximum absolute atomic E-state index is 11.8. The molecule has 0 saturated heterocycles. The molecule has 5 nitrogen and oxygen atoms in total. The Labute approximate surface area is 134 Å². The van der Waals surface area contributed by atoms with Gasteiger partial charge in [0.1, 0.15) is 6.04 Å². The van der Waals surface area contributed by atoms with Crippen LogP contribution in [0.15, 0.2) is 27.1 Å². The number of aliphatic carboxylic acids is 1. The fourth-order valence-corrected chi connectivity index (χ4v) is 2.75. The number of carboxylic acids is 1. The summed E-state index contributed by atoms with van der Waals surface area (Å²) in [6.07, 6.45) is 1.23. The number of hydrogen-bond donors (Lipinski definition) is 3. The minimum Gasteiger partial charge on any atom is -0.480 e. The predicted octanol–water partition coefficient (Wildman–Crippen LogP) is 2.99. The summed E-state index contributed by atoms with van der Waals surface area (Å²) >= 11 is 6.67. The second-order valence-corrected chi connectivity index (χ2v) is 6.00. The molecule has 20 heavy (non-hydrogen) atoms. The van der Waals surface area contributed by atoms with Crippen molar-refractivity contribution in [3.8, 4) is 0 Å². The van der Waals surface area contributed by atoms with E-state index in [1.807, 2.05) is 19.1 Å². The van der Waals surface area contributed by atoms with Gasteiger partial charge in [0.25, 0.3) is 0 Å². The second-order valence-electron chi connectivity index (χ2n) is 4.23. The maximum atomic E-state index is 11.8. The minimum atomic E-state index is -0.940. The highest BCUT2D eigenvalue weighted by atomic mass is 79.9. The number of nitrogens with one attached hydrogen (secondary N) is 2. The van der Waals surface area contributed by atoms with Gasteiger partial charge in [-0.2, -0.15) is 0 Å². The SMILES string of the molecule is CCCC(NCC(=O)Nc1ccc(Br)cc1Br)C(=O)O. The lowest BCUT2D eigenvalue weighted by atomic mass is 10.2. The molecule has 0 aliphatic carbocycles. The van der Waals surface area contributed by atoms with Crippen molar-refractivity contribution in [1.29, 1.82) is 0 Å². The number of carboxylic acid groups (broad SMARTS) is 1. The molecule has 0 saturated carbocycles. The van der Waals surface area contributed by atoms with Gasteiger partial charge in [0.15, 0.2) is 0 Å². The number of rotatable bonds is 7.